The van der Waals surface area contributed by atoms with Crippen LogP contribution < -0.4 is 10.2 Å². The lowest BCUT2D eigenvalue weighted by Crippen LogP contribution is -2.19. The van der Waals surface area contributed by atoms with Crippen molar-refractivity contribution in [3.05, 3.63) is 29.3 Å². The Morgan fingerprint density at radius 1 is 1.24 bits per heavy atom. The molecule has 1 heterocycles. The summed E-state index contributed by atoms with van der Waals surface area (Å²) in [7, 11) is 0. The predicted molar refractivity (Wildman–Crippen MR) is 74.6 cm³/mol. The average molecular weight is 232 g/mol. The molecule has 0 spiro atoms. The quantitative estimate of drug-likeness (QED) is 0.785. The lowest BCUT2D eigenvalue weighted by Gasteiger charge is -2.20. The summed E-state index contributed by atoms with van der Waals surface area (Å²) in [6, 6.07) is 6.89. The Morgan fingerprint density at radius 2 is 2.00 bits per heavy atom. The molecule has 0 aromatic heterocycles. The highest BCUT2D eigenvalue weighted by molar-refractivity contribution is 5.55. The maximum Gasteiger partial charge on any atom is 0.0396 e. The molecule has 0 bridgehead atoms. The van der Waals surface area contributed by atoms with Crippen molar-refractivity contribution < 1.29 is 0 Å². The van der Waals surface area contributed by atoms with Crippen LogP contribution >= 0.6 is 0 Å². The Hall–Kier alpha value is -1.02. The predicted octanol–water partition coefficient (Wildman–Crippen LogP) is 3.09. The number of nitrogens with one attached hydrogen (secondary N) is 1. The molecule has 0 saturated carbocycles. The van der Waals surface area contributed by atoms with Crippen LogP contribution in [0.15, 0.2) is 18.2 Å². The van der Waals surface area contributed by atoms with Crippen molar-refractivity contribution in [3.63, 3.8) is 0 Å². The molecule has 0 atom stereocenters. The molecule has 0 unspecified atom stereocenters. The van der Waals surface area contributed by atoms with E-state index in [1.807, 2.05) is 0 Å². The Balaban J connectivity index is 2.00. The SMILES string of the molecule is CCCNCc1ccc(N2CCCC2)c(C)c1. The summed E-state index contributed by atoms with van der Waals surface area (Å²) < 4.78 is 0. The first kappa shape index (κ1) is 12.4. The molecule has 1 fully saturated rings. The minimum Gasteiger partial charge on any atom is -0.371 e. The van der Waals surface area contributed by atoms with E-state index in [1.165, 1.54) is 49.2 Å². The molecule has 1 aromatic rings. The van der Waals surface area contributed by atoms with Crippen LogP contribution in [0.1, 0.15) is 37.3 Å². The van der Waals surface area contributed by atoms with Crippen molar-refractivity contribution in [2.75, 3.05) is 24.5 Å². The summed E-state index contributed by atoms with van der Waals surface area (Å²) in [5.41, 5.74) is 4.25. The second kappa shape index (κ2) is 6.06. The van der Waals surface area contributed by atoms with Crippen LogP contribution in [0.25, 0.3) is 0 Å². The van der Waals surface area contributed by atoms with Gasteiger partial charge in [0.25, 0.3) is 0 Å². The van der Waals surface area contributed by atoms with Crippen LogP contribution in [0.5, 0.6) is 0 Å². The Morgan fingerprint density at radius 3 is 2.65 bits per heavy atom. The minimum atomic E-state index is 0.995. The van der Waals surface area contributed by atoms with Crippen LogP contribution in [0.2, 0.25) is 0 Å². The summed E-state index contributed by atoms with van der Waals surface area (Å²) in [6.45, 7) is 9.00. The second-order valence-corrected chi connectivity index (χ2v) is 4.99. The van der Waals surface area contributed by atoms with Gasteiger partial charge in [0, 0.05) is 25.3 Å². The van der Waals surface area contributed by atoms with Crippen LogP contribution in [0.4, 0.5) is 5.69 Å². The van der Waals surface area contributed by atoms with E-state index in [-0.39, 0.29) is 0 Å². The molecular formula is C15H24N2. The number of benzene rings is 1. The molecule has 0 radical (unpaired) electrons. The van der Waals surface area contributed by atoms with Crippen molar-refractivity contribution in [1.82, 2.24) is 5.32 Å². The molecule has 94 valence electrons. The van der Waals surface area contributed by atoms with Crippen molar-refractivity contribution in [2.45, 2.75) is 39.7 Å². The van der Waals surface area contributed by atoms with Crippen molar-refractivity contribution in [2.24, 2.45) is 0 Å². The Labute approximate surface area is 105 Å². The molecule has 0 amide bonds. The average Bonchev–Trinajstić information content (AvgIpc) is 2.83. The molecule has 17 heavy (non-hydrogen) atoms. The first-order chi connectivity index (χ1) is 8.31. The topological polar surface area (TPSA) is 15.3 Å². The zero-order chi connectivity index (χ0) is 12.1. The van der Waals surface area contributed by atoms with E-state index in [1.54, 1.807) is 0 Å². The highest BCUT2D eigenvalue weighted by atomic mass is 15.1. The maximum atomic E-state index is 3.45. The second-order valence-electron chi connectivity index (χ2n) is 4.99. The number of anilines is 1. The summed E-state index contributed by atoms with van der Waals surface area (Å²) in [5.74, 6) is 0. The van der Waals surface area contributed by atoms with Gasteiger partial charge in [-0.25, -0.2) is 0 Å². The highest BCUT2D eigenvalue weighted by Crippen LogP contribution is 2.24. The molecular weight excluding hydrogens is 208 g/mol. The largest absolute Gasteiger partial charge is 0.371 e. The van der Waals surface area contributed by atoms with Gasteiger partial charge in [-0.05, 0) is 49.9 Å². The van der Waals surface area contributed by atoms with Crippen LogP contribution in [-0.4, -0.2) is 19.6 Å². The summed E-state index contributed by atoms with van der Waals surface area (Å²) in [4.78, 5) is 2.51. The zero-order valence-electron chi connectivity index (χ0n) is 11.1. The van der Waals surface area contributed by atoms with Crippen molar-refractivity contribution in [3.8, 4) is 0 Å². The lowest BCUT2D eigenvalue weighted by atomic mass is 10.1. The van der Waals surface area contributed by atoms with Gasteiger partial charge in [-0.2, -0.15) is 0 Å². The summed E-state index contributed by atoms with van der Waals surface area (Å²) in [6.07, 6.45) is 3.89. The van der Waals surface area contributed by atoms with Gasteiger partial charge >= 0.3 is 0 Å². The third kappa shape index (κ3) is 3.22. The smallest absolute Gasteiger partial charge is 0.0396 e. The standard InChI is InChI=1S/C15H24N2/c1-3-8-16-12-14-6-7-15(13(2)11-14)17-9-4-5-10-17/h6-7,11,16H,3-5,8-10,12H2,1-2H3. The maximum absolute atomic E-state index is 3.45. The zero-order valence-corrected chi connectivity index (χ0v) is 11.1. The van der Waals surface area contributed by atoms with E-state index in [9.17, 15) is 0 Å². The van der Waals surface area contributed by atoms with Gasteiger partial charge in [0.15, 0.2) is 0 Å². The Kier molecular flexibility index (Phi) is 4.43. The molecule has 1 saturated heterocycles. The number of hydrogen-bond donors (Lipinski definition) is 1. The minimum absolute atomic E-state index is 0.995. The van der Waals surface area contributed by atoms with Gasteiger partial charge in [-0.3, -0.25) is 0 Å². The molecule has 1 aliphatic heterocycles. The van der Waals surface area contributed by atoms with Gasteiger partial charge < -0.3 is 10.2 Å². The van der Waals surface area contributed by atoms with Gasteiger partial charge in [0.05, 0.1) is 0 Å². The summed E-state index contributed by atoms with van der Waals surface area (Å²) in [5, 5.41) is 3.45. The van der Waals surface area contributed by atoms with E-state index >= 15 is 0 Å². The number of aryl methyl sites for hydroxylation is 1. The molecule has 2 nitrogen and oxygen atoms in total. The van der Waals surface area contributed by atoms with Gasteiger partial charge in [-0.1, -0.05) is 19.1 Å². The molecule has 1 aromatic carbocycles. The molecule has 2 rings (SSSR count). The first-order valence-electron chi connectivity index (χ1n) is 6.86. The third-order valence-electron chi connectivity index (χ3n) is 3.46. The molecule has 2 heteroatoms. The fraction of sp³-hybridized carbons (Fsp3) is 0.600. The highest BCUT2D eigenvalue weighted by Gasteiger charge is 2.13. The van der Waals surface area contributed by atoms with E-state index in [0.717, 1.165) is 13.1 Å². The van der Waals surface area contributed by atoms with E-state index in [2.05, 4.69) is 42.3 Å². The number of hydrogen-bond acceptors (Lipinski definition) is 2. The fourth-order valence-corrected chi connectivity index (χ4v) is 2.55. The normalized spacial score (nSPS) is 15.5. The molecule has 0 aliphatic carbocycles. The van der Waals surface area contributed by atoms with Gasteiger partial charge in [0.1, 0.15) is 0 Å². The lowest BCUT2D eigenvalue weighted by molar-refractivity contribution is 0.675. The van der Waals surface area contributed by atoms with E-state index in [4.69, 9.17) is 0 Å². The van der Waals surface area contributed by atoms with Crippen LogP contribution in [-0.2, 0) is 6.54 Å². The third-order valence-corrected chi connectivity index (χ3v) is 3.46. The first-order valence-corrected chi connectivity index (χ1v) is 6.86. The number of nitrogens with zero attached hydrogens (tertiary/aromatic N) is 1. The van der Waals surface area contributed by atoms with Crippen LogP contribution in [0.3, 0.4) is 0 Å². The summed E-state index contributed by atoms with van der Waals surface area (Å²) >= 11 is 0. The number of rotatable bonds is 5. The van der Waals surface area contributed by atoms with Gasteiger partial charge in [0.2, 0.25) is 0 Å². The van der Waals surface area contributed by atoms with Crippen LogP contribution in [0, 0.1) is 6.92 Å². The van der Waals surface area contributed by atoms with Crippen molar-refractivity contribution in [1.29, 1.82) is 0 Å². The van der Waals surface area contributed by atoms with Gasteiger partial charge in [-0.15, -0.1) is 0 Å². The Bertz CT molecular complexity index is 354. The molecule has 1 aliphatic rings. The fourth-order valence-electron chi connectivity index (χ4n) is 2.55. The van der Waals surface area contributed by atoms with E-state index in [0.29, 0.717) is 0 Å². The molecule has 1 N–H and O–H groups in total. The van der Waals surface area contributed by atoms with Crippen molar-refractivity contribution >= 4 is 5.69 Å². The van der Waals surface area contributed by atoms with E-state index < -0.39 is 0 Å². The monoisotopic (exact) mass is 232 g/mol.